The van der Waals surface area contributed by atoms with Crippen molar-refractivity contribution in [3.8, 4) is 0 Å². The maximum absolute atomic E-state index is 2.01. The van der Waals surface area contributed by atoms with E-state index >= 15 is 0 Å². The van der Waals surface area contributed by atoms with Gasteiger partial charge < -0.3 is 0 Å². The first-order valence-corrected chi connectivity index (χ1v) is 10.7. The average molecular weight is 259 g/mol. The molecule has 0 bridgehead atoms. The van der Waals surface area contributed by atoms with Crippen LogP contribution in [-0.2, 0) is 0 Å². The van der Waals surface area contributed by atoms with Crippen molar-refractivity contribution in [2.75, 3.05) is 11.5 Å². The molecule has 1 heterocycles. The van der Waals surface area contributed by atoms with Crippen LogP contribution < -0.4 is 0 Å². The van der Waals surface area contributed by atoms with E-state index in [0.29, 0.717) is 0 Å². The number of hydrogen-bond acceptors (Lipinski definition) is 5. The van der Waals surface area contributed by atoms with Crippen molar-refractivity contribution < 1.29 is 0 Å². The average Bonchev–Trinajstić information content (AvgIpc) is 2.05. The first kappa shape index (κ1) is 11.8. The third-order valence-corrected chi connectivity index (χ3v) is 10.5. The molecule has 0 aliphatic carbocycles. The lowest BCUT2D eigenvalue weighted by Gasteiger charge is -2.04. The van der Waals surface area contributed by atoms with Crippen LogP contribution in [0.3, 0.4) is 0 Å². The third kappa shape index (κ3) is 7.18. The van der Waals surface area contributed by atoms with E-state index in [0.717, 1.165) is 0 Å². The smallest absolute Gasteiger partial charge is 0.00454 e. The van der Waals surface area contributed by atoms with Gasteiger partial charge in [0.15, 0.2) is 0 Å². The highest BCUT2D eigenvalue weighted by molar-refractivity contribution is 9.35. The van der Waals surface area contributed by atoms with Gasteiger partial charge in [-0.15, -0.1) is 0 Å². The molecule has 0 nitrogen and oxygen atoms in total. The Hall–Kier alpha value is 1.75. The normalized spacial score (nSPS) is 24.0. The van der Waals surface area contributed by atoms with E-state index in [-0.39, 0.29) is 0 Å². The minimum absolute atomic E-state index is 1.34. The van der Waals surface area contributed by atoms with E-state index in [4.69, 9.17) is 0 Å². The lowest BCUT2D eigenvalue weighted by atomic mass is 10.2. The van der Waals surface area contributed by atoms with Gasteiger partial charge in [-0.3, -0.25) is 0 Å². The van der Waals surface area contributed by atoms with Gasteiger partial charge in [-0.25, -0.2) is 0 Å². The Labute approximate surface area is 94.1 Å². The molecule has 1 fully saturated rings. The molecule has 0 radical (unpaired) electrons. The molecule has 12 heavy (non-hydrogen) atoms. The zero-order valence-electron chi connectivity index (χ0n) is 6.99. The van der Waals surface area contributed by atoms with Crippen LogP contribution in [0.15, 0.2) is 0 Å². The molecule has 0 spiro atoms. The van der Waals surface area contributed by atoms with Gasteiger partial charge in [-0.2, -0.15) is 0 Å². The predicted octanol–water partition coefficient (Wildman–Crippen LogP) is 5.28. The van der Waals surface area contributed by atoms with Crippen molar-refractivity contribution in [2.45, 2.75) is 32.1 Å². The fraction of sp³-hybridized carbons (Fsp3) is 1.00. The molecule has 1 rings (SSSR count). The van der Waals surface area contributed by atoms with Gasteiger partial charge in [0.2, 0.25) is 0 Å². The van der Waals surface area contributed by atoms with Crippen LogP contribution in [0.1, 0.15) is 32.1 Å². The van der Waals surface area contributed by atoms with E-state index in [2.05, 4.69) is 0 Å². The Morgan fingerprint density at radius 1 is 0.500 bits per heavy atom. The highest BCUT2D eigenvalue weighted by Gasteiger charge is 1.97. The van der Waals surface area contributed by atoms with Crippen molar-refractivity contribution in [3.05, 3.63) is 0 Å². The molecule has 0 N–H and O–H groups in total. The second kappa shape index (κ2) is 9.31. The predicted molar refractivity (Wildman–Crippen MR) is 70.8 cm³/mol. The summed E-state index contributed by atoms with van der Waals surface area (Å²) in [6.07, 6.45) is 7.15. The van der Waals surface area contributed by atoms with Gasteiger partial charge in [0.05, 0.1) is 0 Å². The van der Waals surface area contributed by atoms with E-state index in [1.165, 1.54) is 43.6 Å². The van der Waals surface area contributed by atoms with Gasteiger partial charge in [-0.1, -0.05) is 40.9 Å². The Bertz CT molecular complexity index is 54.8. The summed E-state index contributed by atoms with van der Waals surface area (Å²) in [6, 6.07) is 0. The summed E-state index contributed by atoms with van der Waals surface area (Å²) >= 11 is 0. The highest BCUT2D eigenvalue weighted by Crippen LogP contribution is 2.49. The first-order chi connectivity index (χ1) is 6.00. The molecular weight excluding hydrogens is 244 g/mol. The molecule has 0 aromatic rings. The van der Waals surface area contributed by atoms with Crippen molar-refractivity contribution in [3.63, 3.8) is 0 Å². The van der Waals surface area contributed by atoms with Gasteiger partial charge in [0.1, 0.15) is 0 Å². The standard InChI is InChI=1S/C7H14S5/c1-2-4-6-8-10-12-11-9-7-5-3-1/h1-7H2. The Balaban J connectivity index is 2.00. The minimum atomic E-state index is 1.34. The van der Waals surface area contributed by atoms with Crippen LogP contribution in [0.5, 0.6) is 0 Å². The largest absolute Gasteiger partial charge is 0.0817 e. The molecule has 0 aromatic heterocycles. The maximum atomic E-state index is 2.01. The Kier molecular flexibility index (Phi) is 9.17. The molecule has 72 valence electrons. The quantitative estimate of drug-likeness (QED) is 0.541. The molecular formula is C7H14S5. The summed E-state index contributed by atoms with van der Waals surface area (Å²) in [4.78, 5) is 0. The van der Waals surface area contributed by atoms with Crippen LogP contribution >= 0.6 is 51.1 Å². The summed E-state index contributed by atoms with van der Waals surface area (Å²) < 4.78 is 0. The lowest BCUT2D eigenvalue weighted by molar-refractivity contribution is 0.663. The Morgan fingerprint density at radius 3 is 1.58 bits per heavy atom. The van der Waals surface area contributed by atoms with Gasteiger partial charge in [-0.05, 0) is 42.3 Å². The van der Waals surface area contributed by atoms with Crippen molar-refractivity contribution in [1.82, 2.24) is 0 Å². The highest BCUT2D eigenvalue weighted by atomic mass is 33.8. The Morgan fingerprint density at radius 2 is 1.00 bits per heavy atom. The lowest BCUT2D eigenvalue weighted by Crippen LogP contribution is -1.82. The second-order valence-electron chi connectivity index (χ2n) is 2.62. The summed E-state index contributed by atoms with van der Waals surface area (Å²) in [5.74, 6) is 2.67. The van der Waals surface area contributed by atoms with Crippen LogP contribution in [0.4, 0.5) is 0 Å². The molecule has 1 aliphatic rings. The maximum Gasteiger partial charge on any atom is 0.00454 e. The van der Waals surface area contributed by atoms with Crippen LogP contribution in [0.2, 0.25) is 0 Å². The second-order valence-corrected chi connectivity index (χ2v) is 10.6. The molecule has 0 saturated carbocycles. The molecule has 1 saturated heterocycles. The van der Waals surface area contributed by atoms with Gasteiger partial charge >= 0.3 is 0 Å². The van der Waals surface area contributed by atoms with Crippen molar-refractivity contribution >= 4 is 51.1 Å². The summed E-state index contributed by atoms with van der Waals surface area (Å²) in [5.41, 5.74) is 0. The minimum Gasteiger partial charge on any atom is -0.0817 e. The molecule has 0 unspecified atom stereocenters. The fourth-order valence-electron chi connectivity index (χ4n) is 0.971. The van der Waals surface area contributed by atoms with E-state index < -0.39 is 0 Å². The van der Waals surface area contributed by atoms with E-state index in [1.54, 1.807) is 0 Å². The fourth-order valence-corrected chi connectivity index (χ4v) is 9.98. The number of rotatable bonds is 0. The SMILES string of the molecule is C1CCCSSSSSCCC1. The molecule has 1 aliphatic heterocycles. The molecule has 0 atom stereocenters. The first-order valence-electron chi connectivity index (χ1n) is 4.24. The molecule has 5 heteroatoms. The van der Waals surface area contributed by atoms with Crippen LogP contribution in [0.25, 0.3) is 0 Å². The molecule has 0 aromatic carbocycles. The monoisotopic (exact) mass is 258 g/mol. The zero-order chi connectivity index (χ0) is 8.49. The number of hydrogen-bond donors (Lipinski definition) is 0. The molecule has 0 amide bonds. The van der Waals surface area contributed by atoms with Crippen LogP contribution in [0, 0.1) is 0 Å². The zero-order valence-corrected chi connectivity index (χ0v) is 11.1. The van der Waals surface area contributed by atoms with Crippen molar-refractivity contribution in [2.24, 2.45) is 0 Å². The third-order valence-electron chi connectivity index (χ3n) is 1.61. The van der Waals surface area contributed by atoms with E-state index in [9.17, 15) is 0 Å². The summed E-state index contributed by atoms with van der Waals surface area (Å²) in [7, 11) is 9.84. The topological polar surface area (TPSA) is 0 Å². The van der Waals surface area contributed by atoms with Gasteiger partial charge in [0, 0.05) is 11.5 Å². The van der Waals surface area contributed by atoms with Crippen molar-refractivity contribution in [1.29, 1.82) is 0 Å². The van der Waals surface area contributed by atoms with Crippen LogP contribution in [-0.4, -0.2) is 11.5 Å². The summed E-state index contributed by atoms with van der Waals surface area (Å²) in [5, 5.41) is 0. The summed E-state index contributed by atoms with van der Waals surface area (Å²) in [6.45, 7) is 0. The van der Waals surface area contributed by atoms with E-state index in [1.807, 2.05) is 51.1 Å². The van der Waals surface area contributed by atoms with Gasteiger partial charge in [0.25, 0.3) is 0 Å².